The molecule has 9 heteroatoms. The van der Waals surface area contributed by atoms with Gasteiger partial charge in [0.2, 0.25) is 0 Å². The summed E-state index contributed by atoms with van der Waals surface area (Å²) in [6, 6.07) is 7.57. The van der Waals surface area contributed by atoms with Gasteiger partial charge in [0.1, 0.15) is 25.9 Å². The molecule has 2 atom stereocenters. The average Bonchev–Trinajstić information content (AvgIpc) is 2.56. The van der Waals surface area contributed by atoms with Crippen LogP contribution in [0.3, 0.4) is 0 Å². The maximum absolute atomic E-state index is 12.2. The van der Waals surface area contributed by atoms with Gasteiger partial charge in [-0.3, -0.25) is 4.57 Å². The fourth-order valence-corrected chi connectivity index (χ4v) is 2.83. The van der Waals surface area contributed by atoms with E-state index in [0.717, 1.165) is 11.3 Å². The highest BCUT2D eigenvalue weighted by Gasteiger charge is 2.21. The maximum Gasteiger partial charge on any atom is 0.333 e. The molecule has 0 aromatic heterocycles. The van der Waals surface area contributed by atoms with Crippen LogP contribution < -0.4 is 10.2 Å². The Bertz CT molecular complexity index is 699. The van der Waals surface area contributed by atoms with Crippen molar-refractivity contribution < 1.29 is 32.5 Å². The van der Waals surface area contributed by atoms with Gasteiger partial charge in [-0.25, -0.2) is 4.79 Å². The van der Waals surface area contributed by atoms with E-state index in [2.05, 4.69) is 11.9 Å². The van der Waals surface area contributed by atoms with Crippen molar-refractivity contribution in [3.8, 4) is 0 Å². The molecule has 0 aliphatic heterocycles. The second-order valence-corrected chi connectivity index (χ2v) is 9.01. The van der Waals surface area contributed by atoms with Crippen LogP contribution in [0.15, 0.2) is 36.4 Å². The minimum Gasteiger partial charge on any atom is -0.756 e. The van der Waals surface area contributed by atoms with Gasteiger partial charge in [-0.1, -0.05) is 24.3 Å². The number of carbonyl (C=O) groups is 1. The van der Waals surface area contributed by atoms with Crippen molar-refractivity contribution in [2.75, 3.05) is 52.8 Å². The monoisotopic (exact) mass is 414 g/mol. The standard InChI is InChI=1S/C19H31N2O6P/c1-15(2)19(22)25-14-18(13-20-17-9-7-16(3)8-10-17)27-28(23,24)26-12-11-21(4,5)6/h7-10,18,20H,1,11-14H2,2-6H3. The third kappa shape index (κ3) is 10.6. The van der Waals surface area contributed by atoms with Crippen LogP contribution in [0.5, 0.6) is 0 Å². The smallest absolute Gasteiger partial charge is 0.333 e. The van der Waals surface area contributed by atoms with Gasteiger partial charge in [-0.2, -0.15) is 0 Å². The number of benzene rings is 1. The van der Waals surface area contributed by atoms with Crippen LogP contribution >= 0.6 is 7.82 Å². The molecule has 28 heavy (non-hydrogen) atoms. The Kier molecular flexibility index (Phi) is 9.33. The van der Waals surface area contributed by atoms with Gasteiger partial charge in [0.25, 0.3) is 7.82 Å². The van der Waals surface area contributed by atoms with E-state index >= 15 is 0 Å². The zero-order valence-corrected chi connectivity index (χ0v) is 18.2. The number of quaternary nitrogens is 1. The van der Waals surface area contributed by atoms with Crippen LogP contribution in [-0.4, -0.2) is 64.0 Å². The first-order chi connectivity index (χ1) is 12.9. The van der Waals surface area contributed by atoms with E-state index in [1.807, 2.05) is 52.3 Å². The number of carbonyl (C=O) groups excluding carboxylic acids is 1. The molecule has 0 saturated carbocycles. The van der Waals surface area contributed by atoms with Gasteiger partial charge in [0.15, 0.2) is 0 Å². The lowest BCUT2D eigenvalue weighted by molar-refractivity contribution is -0.870. The lowest BCUT2D eigenvalue weighted by Crippen LogP contribution is -2.38. The number of nitrogens with one attached hydrogen (secondary N) is 1. The summed E-state index contributed by atoms with van der Waals surface area (Å²) in [6.45, 7) is 7.32. The summed E-state index contributed by atoms with van der Waals surface area (Å²) >= 11 is 0. The van der Waals surface area contributed by atoms with E-state index in [9.17, 15) is 14.3 Å². The number of rotatable bonds is 12. The van der Waals surface area contributed by atoms with Crippen molar-refractivity contribution in [3.05, 3.63) is 42.0 Å². The Morgan fingerprint density at radius 1 is 1.29 bits per heavy atom. The topological polar surface area (TPSA) is 96.9 Å². The highest BCUT2D eigenvalue weighted by molar-refractivity contribution is 7.45. The number of phosphoric ester groups is 1. The van der Waals surface area contributed by atoms with Crippen LogP contribution in [0.4, 0.5) is 5.69 Å². The second-order valence-electron chi connectivity index (χ2n) is 7.65. The van der Waals surface area contributed by atoms with Crippen molar-refractivity contribution in [2.45, 2.75) is 20.0 Å². The molecule has 0 aliphatic carbocycles. The summed E-state index contributed by atoms with van der Waals surface area (Å²) in [7, 11) is 1.20. The van der Waals surface area contributed by atoms with Gasteiger partial charge in [0.05, 0.1) is 21.1 Å². The molecule has 0 amide bonds. The number of ether oxygens (including phenoxy) is 1. The molecule has 1 N–H and O–H groups in total. The SMILES string of the molecule is C=C(C)C(=O)OCC(CNc1ccc(C)cc1)OP(=O)([O-])OCC[N+](C)(C)C. The Balaban J connectivity index is 2.69. The van der Waals surface area contributed by atoms with Crippen molar-refractivity contribution >= 4 is 19.5 Å². The minimum absolute atomic E-state index is 0.00601. The van der Waals surface area contributed by atoms with E-state index in [1.54, 1.807) is 0 Å². The highest BCUT2D eigenvalue weighted by Crippen LogP contribution is 2.39. The number of hydrogen-bond acceptors (Lipinski definition) is 7. The summed E-state index contributed by atoms with van der Waals surface area (Å²) in [6.07, 6.45) is -0.947. The predicted octanol–water partition coefficient (Wildman–Crippen LogP) is 2.10. The number of anilines is 1. The lowest BCUT2D eigenvalue weighted by Gasteiger charge is -2.30. The molecule has 0 radical (unpaired) electrons. The van der Waals surface area contributed by atoms with Crippen LogP contribution in [0.25, 0.3) is 0 Å². The summed E-state index contributed by atoms with van der Waals surface area (Å²) < 4.78 is 27.8. The van der Waals surface area contributed by atoms with E-state index in [0.29, 0.717) is 11.0 Å². The molecule has 0 aliphatic rings. The van der Waals surface area contributed by atoms with E-state index < -0.39 is 19.9 Å². The number of phosphoric acid groups is 1. The molecule has 0 fully saturated rings. The summed E-state index contributed by atoms with van der Waals surface area (Å²) in [5, 5.41) is 3.07. The Hall–Kier alpha value is -1.70. The molecule has 0 saturated heterocycles. The number of likely N-dealkylation sites (N-methyl/N-ethyl adjacent to an activating group) is 1. The minimum atomic E-state index is -4.56. The quantitative estimate of drug-likeness (QED) is 0.242. The van der Waals surface area contributed by atoms with Gasteiger partial charge in [-0.05, 0) is 26.0 Å². The molecule has 0 bridgehead atoms. The van der Waals surface area contributed by atoms with Crippen LogP contribution in [0.2, 0.25) is 0 Å². The number of hydrogen-bond donors (Lipinski definition) is 1. The molecule has 2 unspecified atom stereocenters. The fraction of sp³-hybridized carbons (Fsp3) is 0.526. The van der Waals surface area contributed by atoms with Gasteiger partial charge in [0, 0.05) is 17.8 Å². The van der Waals surface area contributed by atoms with Crippen molar-refractivity contribution in [1.82, 2.24) is 0 Å². The highest BCUT2D eigenvalue weighted by atomic mass is 31.2. The Morgan fingerprint density at radius 3 is 2.43 bits per heavy atom. The number of esters is 1. The molecular formula is C19H31N2O6P. The second kappa shape index (κ2) is 10.7. The molecule has 1 aromatic carbocycles. The summed E-state index contributed by atoms with van der Waals surface area (Å²) in [5.41, 5.74) is 2.11. The Labute approximate surface area is 167 Å². The zero-order valence-electron chi connectivity index (χ0n) is 17.3. The molecule has 158 valence electrons. The third-order valence-electron chi connectivity index (χ3n) is 3.62. The van der Waals surface area contributed by atoms with Gasteiger partial charge in [-0.15, -0.1) is 0 Å². The molecule has 0 heterocycles. The van der Waals surface area contributed by atoms with Crippen LogP contribution in [0.1, 0.15) is 12.5 Å². The summed E-state index contributed by atoms with van der Waals surface area (Å²) in [5.74, 6) is -0.615. The maximum atomic E-state index is 12.2. The van der Waals surface area contributed by atoms with E-state index in [1.165, 1.54) is 6.92 Å². The molecule has 0 spiro atoms. The molecular weight excluding hydrogens is 383 g/mol. The first kappa shape index (κ1) is 24.3. The third-order valence-corrected chi connectivity index (χ3v) is 4.68. The van der Waals surface area contributed by atoms with Gasteiger partial charge >= 0.3 is 5.97 Å². The molecule has 1 aromatic rings. The van der Waals surface area contributed by atoms with E-state index in [-0.39, 0.29) is 25.3 Å². The van der Waals surface area contributed by atoms with Crippen LogP contribution in [-0.2, 0) is 23.1 Å². The van der Waals surface area contributed by atoms with E-state index in [4.69, 9.17) is 13.8 Å². The first-order valence-electron chi connectivity index (χ1n) is 8.95. The van der Waals surface area contributed by atoms with Crippen molar-refractivity contribution in [3.63, 3.8) is 0 Å². The number of nitrogens with zero attached hydrogens (tertiary/aromatic N) is 1. The number of aryl methyl sites for hydroxylation is 1. The Morgan fingerprint density at radius 2 is 1.89 bits per heavy atom. The predicted molar refractivity (Wildman–Crippen MR) is 107 cm³/mol. The zero-order chi connectivity index (χ0) is 21.4. The fourth-order valence-electron chi connectivity index (χ4n) is 1.96. The molecule has 8 nitrogen and oxygen atoms in total. The van der Waals surface area contributed by atoms with Crippen LogP contribution in [0, 0.1) is 6.92 Å². The average molecular weight is 414 g/mol. The lowest BCUT2D eigenvalue weighted by atomic mass is 10.2. The van der Waals surface area contributed by atoms with Crippen molar-refractivity contribution in [2.24, 2.45) is 0 Å². The molecule has 1 rings (SSSR count). The van der Waals surface area contributed by atoms with Gasteiger partial charge < -0.3 is 28.5 Å². The normalized spacial score (nSPS) is 14.8. The van der Waals surface area contributed by atoms with Crippen molar-refractivity contribution in [1.29, 1.82) is 0 Å². The summed E-state index contributed by atoms with van der Waals surface area (Å²) in [4.78, 5) is 23.8. The largest absolute Gasteiger partial charge is 0.756 e. The first-order valence-corrected chi connectivity index (χ1v) is 10.4.